The molecule has 3 atom stereocenters. The molecule has 2 aliphatic heterocycles. The maximum absolute atomic E-state index is 13.4. The highest BCUT2D eigenvalue weighted by Crippen LogP contribution is 2.40. The molecule has 0 N–H and O–H groups in total. The van der Waals surface area contributed by atoms with Gasteiger partial charge in [-0.05, 0) is 40.8 Å². The van der Waals surface area contributed by atoms with E-state index in [1.54, 1.807) is 72.8 Å². The summed E-state index contributed by atoms with van der Waals surface area (Å²) in [4.78, 5) is 53.1. The van der Waals surface area contributed by atoms with E-state index >= 15 is 0 Å². The molecular weight excluding hydrogens is 526 g/mol. The lowest BCUT2D eigenvalue weighted by atomic mass is 9.89. The first kappa shape index (κ1) is 25.8. The molecule has 204 valence electrons. The monoisotopic (exact) mass is 549 g/mol. The lowest BCUT2D eigenvalue weighted by Crippen LogP contribution is -2.69. The number of carbonyl (C=O) groups is 3. The van der Waals surface area contributed by atoms with Gasteiger partial charge in [0.15, 0.2) is 0 Å². The molecule has 0 spiro atoms. The Kier molecular flexibility index (Phi) is 6.64. The van der Waals surface area contributed by atoms with Gasteiger partial charge in [-0.15, -0.1) is 0 Å². The standard InChI is InChI=1S/C31H23N3O7/c35-29-25(17-15-20-16-18-26(34(38)39)24-14-8-7-13-23(20)24)28(33(29)31(37)41-22-11-5-2-6-12-22)32-27(19-40-30(32)36)21-9-3-1-4-10-21/h1-18,25,27-28H,19H2/t25-,27?,28-/m1/s1. The number of imide groups is 1. The molecule has 0 saturated carbocycles. The van der Waals surface area contributed by atoms with E-state index < -0.39 is 41.1 Å². The maximum atomic E-state index is 13.4. The number of nitrogens with zero attached hydrogens (tertiary/aromatic N) is 3. The van der Waals surface area contributed by atoms with Crippen LogP contribution in [0.5, 0.6) is 5.75 Å². The first-order valence-corrected chi connectivity index (χ1v) is 12.9. The molecule has 10 heteroatoms. The summed E-state index contributed by atoms with van der Waals surface area (Å²) in [6.45, 7) is 0.0541. The Balaban J connectivity index is 1.37. The normalized spacial score (nSPS) is 20.2. The van der Waals surface area contributed by atoms with Crippen molar-refractivity contribution in [1.82, 2.24) is 9.80 Å². The zero-order chi connectivity index (χ0) is 28.5. The fourth-order valence-corrected chi connectivity index (χ4v) is 5.29. The van der Waals surface area contributed by atoms with Crippen LogP contribution in [0.4, 0.5) is 15.3 Å². The average molecular weight is 550 g/mol. The number of fused-ring (bicyclic) bond motifs is 1. The van der Waals surface area contributed by atoms with E-state index in [2.05, 4.69) is 0 Å². The predicted molar refractivity (Wildman–Crippen MR) is 149 cm³/mol. The highest BCUT2D eigenvalue weighted by Gasteiger charge is 2.58. The van der Waals surface area contributed by atoms with Gasteiger partial charge >= 0.3 is 12.2 Å². The second-order valence-corrected chi connectivity index (χ2v) is 9.58. The second kappa shape index (κ2) is 10.6. The van der Waals surface area contributed by atoms with Gasteiger partial charge in [0.25, 0.3) is 5.69 Å². The number of cyclic esters (lactones) is 1. The fourth-order valence-electron chi connectivity index (χ4n) is 5.29. The highest BCUT2D eigenvalue weighted by atomic mass is 16.6. The average Bonchev–Trinajstić information content (AvgIpc) is 3.36. The molecule has 4 aromatic rings. The fraction of sp³-hybridized carbons (Fsp3) is 0.129. The van der Waals surface area contributed by atoms with Crippen LogP contribution in [0.25, 0.3) is 16.8 Å². The highest BCUT2D eigenvalue weighted by molar-refractivity contribution is 6.03. The third-order valence-corrected chi connectivity index (χ3v) is 7.25. The number of nitro benzene ring substituents is 1. The van der Waals surface area contributed by atoms with Crippen molar-refractivity contribution in [2.24, 2.45) is 5.92 Å². The van der Waals surface area contributed by atoms with Gasteiger partial charge in [-0.25, -0.2) is 14.5 Å². The molecule has 2 saturated heterocycles. The molecule has 1 unspecified atom stereocenters. The number of benzene rings is 4. The van der Waals surface area contributed by atoms with Crippen molar-refractivity contribution >= 4 is 40.6 Å². The minimum Gasteiger partial charge on any atom is -0.447 e. The minimum atomic E-state index is -1.01. The molecular formula is C31H23N3O7. The Morgan fingerprint density at radius 2 is 1.56 bits per heavy atom. The Morgan fingerprint density at radius 3 is 2.27 bits per heavy atom. The van der Waals surface area contributed by atoms with Crippen LogP contribution in [0.1, 0.15) is 17.2 Å². The van der Waals surface area contributed by atoms with Crippen LogP contribution < -0.4 is 4.74 Å². The van der Waals surface area contributed by atoms with E-state index in [1.807, 2.05) is 30.3 Å². The first-order valence-electron chi connectivity index (χ1n) is 12.9. The van der Waals surface area contributed by atoms with Crippen molar-refractivity contribution in [3.8, 4) is 5.75 Å². The number of nitro groups is 1. The van der Waals surface area contributed by atoms with Crippen LogP contribution in [-0.2, 0) is 9.53 Å². The van der Waals surface area contributed by atoms with Crippen LogP contribution in [0.15, 0.2) is 103 Å². The summed E-state index contributed by atoms with van der Waals surface area (Å²) >= 11 is 0. The molecule has 2 heterocycles. The lowest BCUT2D eigenvalue weighted by Gasteiger charge is -2.48. The minimum absolute atomic E-state index is 0.0318. The molecule has 0 aromatic heterocycles. The summed E-state index contributed by atoms with van der Waals surface area (Å²) in [5.74, 6) is -1.20. The van der Waals surface area contributed by atoms with Crippen molar-refractivity contribution in [2.75, 3.05) is 6.61 Å². The molecule has 6 rings (SSSR count). The van der Waals surface area contributed by atoms with Crippen molar-refractivity contribution in [3.63, 3.8) is 0 Å². The van der Waals surface area contributed by atoms with Gasteiger partial charge < -0.3 is 9.47 Å². The molecule has 2 fully saturated rings. The topological polar surface area (TPSA) is 119 Å². The van der Waals surface area contributed by atoms with E-state index in [0.29, 0.717) is 16.3 Å². The first-order chi connectivity index (χ1) is 19.9. The number of likely N-dealkylation sites (tertiary alicyclic amines) is 1. The van der Waals surface area contributed by atoms with E-state index in [1.165, 1.54) is 11.0 Å². The van der Waals surface area contributed by atoms with Gasteiger partial charge in [0.05, 0.1) is 22.3 Å². The van der Waals surface area contributed by atoms with Crippen LogP contribution in [0.2, 0.25) is 0 Å². The number of hydrogen-bond acceptors (Lipinski definition) is 7. The van der Waals surface area contributed by atoms with Crippen LogP contribution in [-0.4, -0.2) is 45.6 Å². The Labute approximate surface area is 234 Å². The number of amides is 3. The lowest BCUT2D eigenvalue weighted by molar-refractivity contribution is -0.383. The van der Waals surface area contributed by atoms with E-state index in [9.17, 15) is 24.5 Å². The zero-order valence-electron chi connectivity index (χ0n) is 21.5. The smallest absolute Gasteiger partial charge is 0.423 e. The van der Waals surface area contributed by atoms with Gasteiger partial charge in [-0.2, -0.15) is 0 Å². The summed E-state index contributed by atoms with van der Waals surface area (Å²) < 4.78 is 10.8. The van der Waals surface area contributed by atoms with Gasteiger partial charge in [0.1, 0.15) is 18.5 Å². The molecule has 3 amide bonds. The summed E-state index contributed by atoms with van der Waals surface area (Å²) in [6.07, 6.45) is 0.705. The van der Waals surface area contributed by atoms with Gasteiger partial charge in [0.2, 0.25) is 5.91 Å². The molecule has 0 radical (unpaired) electrons. The van der Waals surface area contributed by atoms with E-state index in [0.717, 1.165) is 10.5 Å². The molecule has 0 bridgehead atoms. The zero-order valence-corrected chi connectivity index (χ0v) is 21.5. The molecule has 41 heavy (non-hydrogen) atoms. The summed E-state index contributed by atoms with van der Waals surface area (Å²) in [5.41, 5.74) is 1.40. The van der Waals surface area contributed by atoms with E-state index in [-0.39, 0.29) is 18.0 Å². The number of para-hydroxylation sites is 1. The van der Waals surface area contributed by atoms with Gasteiger partial charge in [0, 0.05) is 6.07 Å². The predicted octanol–water partition coefficient (Wildman–Crippen LogP) is 5.94. The molecule has 0 aliphatic carbocycles. The SMILES string of the molecule is O=C(Oc1ccccc1)N1C(=O)[C@H](C=Cc2ccc([N+](=O)[O-])c3ccccc23)[C@@H]1N1C(=O)OCC1c1ccccc1. The molecule has 10 nitrogen and oxygen atoms in total. The Hall–Kier alpha value is -5.51. The number of non-ortho nitro benzene ring substituents is 1. The quantitative estimate of drug-likeness (QED) is 0.166. The Morgan fingerprint density at radius 1 is 0.902 bits per heavy atom. The molecule has 2 aliphatic rings. The van der Waals surface area contributed by atoms with Gasteiger partial charge in [-0.1, -0.05) is 78.9 Å². The van der Waals surface area contributed by atoms with Crippen LogP contribution >= 0.6 is 0 Å². The number of ether oxygens (including phenoxy) is 2. The van der Waals surface area contributed by atoms with Crippen molar-refractivity contribution in [1.29, 1.82) is 0 Å². The third-order valence-electron chi connectivity index (χ3n) is 7.25. The molecule has 4 aromatic carbocycles. The second-order valence-electron chi connectivity index (χ2n) is 9.58. The number of hydrogen-bond donors (Lipinski definition) is 0. The number of rotatable bonds is 6. The number of carbonyl (C=O) groups excluding carboxylic acids is 3. The van der Waals surface area contributed by atoms with Gasteiger partial charge in [-0.3, -0.25) is 19.8 Å². The summed E-state index contributed by atoms with van der Waals surface area (Å²) in [6, 6.07) is 26.9. The summed E-state index contributed by atoms with van der Waals surface area (Å²) in [5, 5.41) is 12.6. The number of β-lactam (4-membered cyclic amide) rings is 1. The third kappa shape index (κ3) is 4.65. The maximum Gasteiger partial charge on any atom is 0.423 e. The Bertz CT molecular complexity index is 1690. The van der Waals surface area contributed by atoms with Crippen molar-refractivity contribution in [3.05, 3.63) is 124 Å². The van der Waals surface area contributed by atoms with Crippen LogP contribution in [0.3, 0.4) is 0 Å². The van der Waals surface area contributed by atoms with Crippen molar-refractivity contribution in [2.45, 2.75) is 12.2 Å². The largest absolute Gasteiger partial charge is 0.447 e. The summed E-state index contributed by atoms with van der Waals surface area (Å²) in [7, 11) is 0. The van der Waals surface area contributed by atoms with E-state index in [4.69, 9.17) is 9.47 Å². The van der Waals surface area contributed by atoms with Crippen molar-refractivity contribution < 1.29 is 28.8 Å². The van der Waals surface area contributed by atoms with Crippen LogP contribution in [0, 0.1) is 16.0 Å².